The first-order chi connectivity index (χ1) is 12.5. The molecule has 5 heteroatoms. The standard InChI is InChI=1S/C21H24ClNO3/c1-3-21(26-13-16-4-9-20(22)15(2)10-16)23-11-17(12-23)14-25-19-7-5-18(24)6-8-19/h3-10,17,24H,11-14H2,1-2H3/b21-3+. The van der Waals surface area contributed by atoms with E-state index in [1.807, 2.05) is 32.1 Å². The summed E-state index contributed by atoms with van der Waals surface area (Å²) < 4.78 is 11.7. The van der Waals surface area contributed by atoms with E-state index in [1.54, 1.807) is 24.3 Å². The first-order valence-corrected chi connectivity index (χ1v) is 9.14. The van der Waals surface area contributed by atoms with Gasteiger partial charge in [0.15, 0.2) is 5.88 Å². The summed E-state index contributed by atoms with van der Waals surface area (Å²) in [6, 6.07) is 12.8. The Hall–Kier alpha value is -2.33. The second kappa shape index (κ2) is 8.37. The first kappa shape index (κ1) is 18.5. The van der Waals surface area contributed by atoms with Gasteiger partial charge in [0, 0.05) is 24.0 Å². The highest BCUT2D eigenvalue weighted by molar-refractivity contribution is 6.31. The highest BCUT2D eigenvalue weighted by atomic mass is 35.5. The van der Waals surface area contributed by atoms with E-state index in [0.29, 0.717) is 19.1 Å². The van der Waals surface area contributed by atoms with E-state index in [-0.39, 0.29) is 5.75 Å². The number of nitrogens with zero attached hydrogens (tertiary/aromatic N) is 1. The molecule has 2 aromatic carbocycles. The summed E-state index contributed by atoms with van der Waals surface area (Å²) in [4.78, 5) is 2.22. The number of hydrogen-bond donors (Lipinski definition) is 1. The maximum Gasteiger partial charge on any atom is 0.185 e. The minimum atomic E-state index is 0.248. The number of allylic oxidation sites excluding steroid dienone is 1. The number of rotatable bonds is 7. The third kappa shape index (κ3) is 4.64. The van der Waals surface area contributed by atoms with E-state index in [0.717, 1.165) is 40.9 Å². The number of phenolic OH excluding ortho intramolecular Hbond substituents is 1. The van der Waals surface area contributed by atoms with Crippen molar-refractivity contribution < 1.29 is 14.6 Å². The Labute approximate surface area is 159 Å². The molecule has 1 saturated heterocycles. The Morgan fingerprint density at radius 2 is 1.96 bits per heavy atom. The SMILES string of the molecule is C/C=C(/OCc1ccc(Cl)c(C)c1)N1CC(COc2ccc(O)cc2)C1. The molecule has 0 bridgehead atoms. The third-order valence-corrected chi connectivity index (χ3v) is 4.87. The Morgan fingerprint density at radius 1 is 1.23 bits per heavy atom. The van der Waals surface area contributed by atoms with Crippen molar-refractivity contribution in [1.29, 1.82) is 0 Å². The predicted octanol–water partition coefficient (Wildman–Crippen LogP) is 4.74. The van der Waals surface area contributed by atoms with Gasteiger partial charge in [-0.3, -0.25) is 0 Å². The van der Waals surface area contributed by atoms with E-state index in [2.05, 4.69) is 11.0 Å². The molecule has 0 unspecified atom stereocenters. The summed E-state index contributed by atoms with van der Waals surface area (Å²) in [6.45, 7) is 7.01. The van der Waals surface area contributed by atoms with Crippen molar-refractivity contribution in [3.05, 3.63) is 70.6 Å². The van der Waals surface area contributed by atoms with Crippen LogP contribution in [0.25, 0.3) is 0 Å². The van der Waals surface area contributed by atoms with Crippen LogP contribution in [0.1, 0.15) is 18.1 Å². The van der Waals surface area contributed by atoms with Crippen molar-refractivity contribution in [1.82, 2.24) is 4.90 Å². The van der Waals surface area contributed by atoms with Crippen LogP contribution in [0.5, 0.6) is 11.5 Å². The topological polar surface area (TPSA) is 41.9 Å². The van der Waals surface area contributed by atoms with E-state index in [1.165, 1.54) is 0 Å². The van der Waals surface area contributed by atoms with Crippen molar-refractivity contribution in [3.8, 4) is 11.5 Å². The zero-order valence-corrected chi connectivity index (χ0v) is 15.9. The van der Waals surface area contributed by atoms with Crippen molar-refractivity contribution >= 4 is 11.6 Å². The molecule has 1 aliphatic rings. The van der Waals surface area contributed by atoms with E-state index < -0.39 is 0 Å². The second-order valence-electron chi connectivity index (χ2n) is 6.58. The van der Waals surface area contributed by atoms with Gasteiger partial charge >= 0.3 is 0 Å². The molecule has 0 aromatic heterocycles. The smallest absolute Gasteiger partial charge is 0.185 e. The average molecular weight is 374 g/mol. The van der Waals surface area contributed by atoms with Crippen LogP contribution in [-0.4, -0.2) is 29.7 Å². The molecule has 1 heterocycles. The van der Waals surface area contributed by atoms with Gasteiger partial charge < -0.3 is 19.5 Å². The number of aryl methyl sites for hydroxylation is 1. The van der Waals surface area contributed by atoms with Gasteiger partial charge in [-0.1, -0.05) is 23.7 Å². The number of phenols is 1. The van der Waals surface area contributed by atoms with E-state index in [4.69, 9.17) is 21.1 Å². The molecule has 0 spiro atoms. The van der Waals surface area contributed by atoms with Gasteiger partial charge in [0.2, 0.25) is 0 Å². The van der Waals surface area contributed by atoms with Crippen LogP contribution in [-0.2, 0) is 11.3 Å². The predicted molar refractivity (Wildman–Crippen MR) is 103 cm³/mol. The average Bonchev–Trinajstić information content (AvgIpc) is 2.60. The second-order valence-corrected chi connectivity index (χ2v) is 6.98. The summed E-state index contributed by atoms with van der Waals surface area (Å²) >= 11 is 6.07. The summed E-state index contributed by atoms with van der Waals surface area (Å²) in [5.41, 5.74) is 2.17. The number of hydrogen-bond acceptors (Lipinski definition) is 4. The van der Waals surface area contributed by atoms with Crippen LogP contribution < -0.4 is 4.74 Å². The molecule has 1 N–H and O–H groups in total. The van der Waals surface area contributed by atoms with Gasteiger partial charge in [0.05, 0.1) is 6.61 Å². The summed E-state index contributed by atoms with van der Waals surface area (Å²) in [6.07, 6.45) is 2.00. The van der Waals surface area contributed by atoms with Crippen molar-refractivity contribution in [2.75, 3.05) is 19.7 Å². The van der Waals surface area contributed by atoms with Gasteiger partial charge in [-0.25, -0.2) is 0 Å². The lowest BCUT2D eigenvalue weighted by atomic mass is 10.0. The van der Waals surface area contributed by atoms with Crippen LogP contribution in [0.3, 0.4) is 0 Å². The molecular weight excluding hydrogens is 350 g/mol. The maximum absolute atomic E-state index is 9.29. The molecule has 3 rings (SSSR count). The number of halogens is 1. The Balaban J connectivity index is 1.43. The fourth-order valence-corrected chi connectivity index (χ4v) is 3.04. The molecule has 0 amide bonds. The van der Waals surface area contributed by atoms with Crippen LogP contribution >= 0.6 is 11.6 Å². The Bertz CT molecular complexity index is 767. The van der Waals surface area contributed by atoms with Gasteiger partial charge in [-0.15, -0.1) is 0 Å². The van der Waals surface area contributed by atoms with Crippen LogP contribution in [0, 0.1) is 12.8 Å². The molecule has 1 aliphatic heterocycles. The lowest BCUT2D eigenvalue weighted by Crippen LogP contribution is -2.48. The summed E-state index contributed by atoms with van der Waals surface area (Å²) in [7, 11) is 0. The highest BCUT2D eigenvalue weighted by Crippen LogP contribution is 2.25. The fraction of sp³-hybridized carbons (Fsp3) is 0.333. The van der Waals surface area contributed by atoms with Crippen molar-refractivity contribution in [3.63, 3.8) is 0 Å². The number of likely N-dealkylation sites (tertiary alicyclic amines) is 1. The molecule has 0 saturated carbocycles. The number of aromatic hydroxyl groups is 1. The van der Waals surface area contributed by atoms with Crippen LogP contribution in [0.15, 0.2) is 54.4 Å². The molecule has 4 nitrogen and oxygen atoms in total. The summed E-state index contributed by atoms with van der Waals surface area (Å²) in [5, 5.41) is 10.1. The number of ether oxygens (including phenoxy) is 2. The van der Waals surface area contributed by atoms with E-state index >= 15 is 0 Å². The minimum Gasteiger partial charge on any atom is -0.508 e. The van der Waals surface area contributed by atoms with E-state index in [9.17, 15) is 5.11 Å². The van der Waals surface area contributed by atoms with Crippen molar-refractivity contribution in [2.24, 2.45) is 5.92 Å². The van der Waals surface area contributed by atoms with Gasteiger partial charge in [-0.2, -0.15) is 0 Å². The molecule has 26 heavy (non-hydrogen) atoms. The van der Waals surface area contributed by atoms with Crippen molar-refractivity contribution in [2.45, 2.75) is 20.5 Å². The van der Waals surface area contributed by atoms with Gasteiger partial charge in [0.1, 0.15) is 18.1 Å². The highest BCUT2D eigenvalue weighted by Gasteiger charge is 2.29. The third-order valence-electron chi connectivity index (χ3n) is 4.45. The molecule has 1 fully saturated rings. The Kier molecular flexibility index (Phi) is 5.94. The Morgan fingerprint density at radius 3 is 2.62 bits per heavy atom. The van der Waals surface area contributed by atoms with Gasteiger partial charge in [0.25, 0.3) is 0 Å². The quantitative estimate of drug-likeness (QED) is 0.711. The molecule has 138 valence electrons. The van der Waals surface area contributed by atoms with Gasteiger partial charge in [-0.05, 0) is 61.4 Å². The maximum atomic E-state index is 9.29. The fourth-order valence-electron chi connectivity index (χ4n) is 2.92. The zero-order chi connectivity index (χ0) is 18.5. The van der Waals surface area contributed by atoms with Crippen LogP contribution in [0.4, 0.5) is 0 Å². The zero-order valence-electron chi connectivity index (χ0n) is 15.1. The molecule has 0 aliphatic carbocycles. The molecular formula is C21H24ClNO3. The number of benzene rings is 2. The lowest BCUT2D eigenvalue weighted by molar-refractivity contribution is 0.0151. The molecule has 0 radical (unpaired) electrons. The summed E-state index contributed by atoms with van der Waals surface area (Å²) in [5.74, 6) is 2.40. The molecule has 0 atom stereocenters. The molecule has 2 aromatic rings. The monoisotopic (exact) mass is 373 g/mol. The van der Waals surface area contributed by atoms with Crippen LogP contribution in [0.2, 0.25) is 5.02 Å². The largest absolute Gasteiger partial charge is 0.508 e. The first-order valence-electron chi connectivity index (χ1n) is 8.76. The normalized spacial score (nSPS) is 14.9. The minimum absolute atomic E-state index is 0.248. The lowest BCUT2D eigenvalue weighted by Gasteiger charge is -2.41.